The molecular weight excluding hydrogens is 427 g/mol. The number of benzene rings is 3. The van der Waals surface area contributed by atoms with Crippen molar-refractivity contribution in [1.82, 2.24) is 9.78 Å². The van der Waals surface area contributed by atoms with Crippen LogP contribution < -0.4 is 10.7 Å². The summed E-state index contributed by atoms with van der Waals surface area (Å²) in [6.45, 7) is 1.54. The number of carbonyl (C=O) groups is 1. The van der Waals surface area contributed by atoms with Gasteiger partial charge < -0.3 is 5.32 Å². The van der Waals surface area contributed by atoms with Crippen molar-refractivity contribution in [2.75, 3.05) is 5.32 Å². The lowest BCUT2D eigenvalue weighted by Crippen LogP contribution is -2.25. The zero-order valence-electron chi connectivity index (χ0n) is 17.4. The maximum absolute atomic E-state index is 13.5. The number of nitro groups is 1. The number of non-ortho nitro benzene ring substituents is 1. The van der Waals surface area contributed by atoms with E-state index in [4.69, 9.17) is 0 Å². The van der Waals surface area contributed by atoms with Gasteiger partial charge in [-0.25, -0.2) is 9.07 Å². The molecule has 9 heteroatoms. The highest BCUT2D eigenvalue weighted by molar-refractivity contribution is 6.06. The number of nitro benzene ring substituents is 1. The Balaban J connectivity index is 1.92. The van der Waals surface area contributed by atoms with Crippen LogP contribution in [0.5, 0.6) is 0 Å². The Bertz CT molecular complexity index is 1420. The van der Waals surface area contributed by atoms with Gasteiger partial charge in [0.2, 0.25) is 5.43 Å². The molecule has 1 heterocycles. The Hall–Kier alpha value is -4.66. The zero-order chi connectivity index (χ0) is 23.5. The average Bonchev–Trinajstić information content (AvgIpc) is 2.82. The van der Waals surface area contributed by atoms with Crippen LogP contribution in [0.4, 0.5) is 15.9 Å². The van der Waals surface area contributed by atoms with E-state index in [1.807, 2.05) is 0 Å². The molecule has 1 amide bonds. The van der Waals surface area contributed by atoms with E-state index in [0.29, 0.717) is 11.3 Å². The Labute approximate surface area is 187 Å². The van der Waals surface area contributed by atoms with Gasteiger partial charge in [-0.3, -0.25) is 19.7 Å². The van der Waals surface area contributed by atoms with Crippen LogP contribution in [0.3, 0.4) is 0 Å². The van der Waals surface area contributed by atoms with Crippen molar-refractivity contribution in [1.29, 1.82) is 0 Å². The molecule has 4 rings (SSSR count). The number of aromatic nitrogens is 2. The third-order valence-electron chi connectivity index (χ3n) is 4.94. The molecule has 0 aliphatic rings. The molecule has 0 aliphatic heterocycles. The summed E-state index contributed by atoms with van der Waals surface area (Å²) in [5.74, 6) is -1.07. The molecule has 0 saturated heterocycles. The molecular formula is C24H17FN4O4. The Morgan fingerprint density at radius 1 is 1.03 bits per heavy atom. The van der Waals surface area contributed by atoms with Gasteiger partial charge in [-0.15, -0.1) is 0 Å². The second-order valence-corrected chi connectivity index (χ2v) is 7.15. The third kappa shape index (κ3) is 4.38. The fourth-order valence-electron chi connectivity index (χ4n) is 3.34. The molecule has 0 unspecified atom stereocenters. The standard InChI is InChI=1S/C24H17FN4O4/c1-15-22(30)21(16-6-3-2-4-7-16)23(28(27-15)19-12-10-18(25)11-13-19)26-24(31)17-8-5-9-20(14-17)29(32)33/h2-14H,1H3,(H,26,31). The molecule has 0 radical (unpaired) electrons. The van der Waals surface area contributed by atoms with Gasteiger partial charge in [0, 0.05) is 17.7 Å². The summed E-state index contributed by atoms with van der Waals surface area (Å²) in [5, 5.41) is 18.1. The topological polar surface area (TPSA) is 107 Å². The van der Waals surface area contributed by atoms with Gasteiger partial charge in [0.05, 0.1) is 16.2 Å². The zero-order valence-corrected chi connectivity index (χ0v) is 17.4. The molecule has 0 bridgehead atoms. The van der Waals surface area contributed by atoms with E-state index >= 15 is 0 Å². The Kier molecular flexibility index (Phi) is 5.77. The van der Waals surface area contributed by atoms with Crippen molar-refractivity contribution in [3.63, 3.8) is 0 Å². The molecule has 1 aromatic heterocycles. The van der Waals surface area contributed by atoms with Crippen LogP contribution in [0.25, 0.3) is 16.8 Å². The summed E-state index contributed by atoms with van der Waals surface area (Å²) in [6, 6.07) is 19.3. The summed E-state index contributed by atoms with van der Waals surface area (Å²) in [5.41, 5.74) is 0.696. The van der Waals surface area contributed by atoms with Gasteiger partial charge in [0.25, 0.3) is 11.6 Å². The smallest absolute Gasteiger partial charge is 0.270 e. The molecule has 0 fully saturated rings. The number of hydrogen-bond donors (Lipinski definition) is 1. The van der Waals surface area contributed by atoms with Gasteiger partial charge in [0.15, 0.2) is 0 Å². The lowest BCUT2D eigenvalue weighted by molar-refractivity contribution is -0.384. The summed E-state index contributed by atoms with van der Waals surface area (Å²) < 4.78 is 14.9. The molecule has 8 nitrogen and oxygen atoms in total. The number of amides is 1. The summed E-state index contributed by atoms with van der Waals surface area (Å²) >= 11 is 0. The number of nitrogens with one attached hydrogen (secondary N) is 1. The van der Waals surface area contributed by atoms with Gasteiger partial charge >= 0.3 is 0 Å². The maximum Gasteiger partial charge on any atom is 0.270 e. The van der Waals surface area contributed by atoms with Gasteiger partial charge in [0.1, 0.15) is 17.3 Å². The minimum atomic E-state index is -0.670. The molecule has 0 saturated carbocycles. The van der Waals surface area contributed by atoms with E-state index in [0.717, 1.165) is 6.07 Å². The fraction of sp³-hybridized carbons (Fsp3) is 0.0417. The predicted molar refractivity (Wildman–Crippen MR) is 121 cm³/mol. The third-order valence-corrected chi connectivity index (χ3v) is 4.94. The monoisotopic (exact) mass is 444 g/mol. The summed E-state index contributed by atoms with van der Waals surface area (Å²) in [7, 11) is 0. The van der Waals surface area contributed by atoms with E-state index in [1.54, 1.807) is 37.3 Å². The first-order chi connectivity index (χ1) is 15.8. The van der Waals surface area contributed by atoms with Gasteiger partial charge in [-0.2, -0.15) is 5.10 Å². The highest BCUT2D eigenvalue weighted by atomic mass is 19.1. The number of carbonyl (C=O) groups excluding carboxylic acids is 1. The van der Waals surface area contributed by atoms with Crippen molar-refractivity contribution in [3.05, 3.63) is 116 Å². The number of aryl methyl sites for hydroxylation is 1. The van der Waals surface area contributed by atoms with Gasteiger partial charge in [-0.1, -0.05) is 36.4 Å². The molecule has 1 N–H and O–H groups in total. The van der Waals surface area contributed by atoms with Crippen LogP contribution in [0, 0.1) is 22.9 Å². The molecule has 164 valence electrons. The van der Waals surface area contributed by atoms with Crippen LogP contribution in [0.15, 0.2) is 83.7 Å². The molecule has 33 heavy (non-hydrogen) atoms. The van der Waals surface area contributed by atoms with E-state index in [2.05, 4.69) is 10.4 Å². The van der Waals surface area contributed by atoms with Crippen molar-refractivity contribution in [3.8, 4) is 16.8 Å². The second kappa shape index (κ2) is 8.83. The lowest BCUT2D eigenvalue weighted by Gasteiger charge is -2.18. The Morgan fingerprint density at radius 3 is 2.39 bits per heavy atom. The van der Waals surface area contributed by atoms with Gasteiger partial charge in [-0.05, 0) is 42.8 Å². The number of anilines is 1. The van der Waals surface area contributed by atoms with Crippen molar-refractivity contribution in [2.45, 2.75) is 6.92 Å². The van der Waals surface area contributed by atoms with Crippen LogP contribution >= 0.6 is 0 Å². The Morgan fingerprint density at radius 2 is 1.73 bits per heavy atom. The van der Waals surface area contributed by atoms with Crippen molar-refractivity contribution in [2.24, 2.45) is 0 Å². The van der Waals surface area contributed by atoms with Crippen LogP contribution in [0.2, 0.25) is 0 Å². The highest BCUT2D eigenvalue weighted by Gasteiger charge is 2.21. The maximum atomic E-state index is 13.5. The average molecular weight is 444 g/mol. The van der Waals surface area contributed by atoms with Crippen LogP contribution in [-0.4, -0.2) is 20.6 Å². The normalized spacial score (nSPS) is 10.6. The first-order valence-corrected chi connectivity index (χ1v) is 9.86. The fourth-order valence-corrected chi connectivity index (χ4v) is 3.34. The van der Waals surface area contributed by atoms with E-state index < -0.39 is 22.1 Å². The van der Waals surface area contributed by atoms with Crippen LogP contribution in [0.1, 0.15) is 16.1 Å². The molecule has 4 aromatic rings. The number of hydrogen-bond acceptors (Lipinski definition) is 5. The quantitative estimate of drug-likeness (QED) is 0.360. The van der Waals surface area contributed by atoms with Crippen molar-refractivity contribution < 1.29 is 14.1 Å². The number of rotatable bonds is 5. The minimum Gasteiger partial charge on any atom is -0.306 e. The van der Waals surface area contributed by atoms with E-state index in [-0.39, 0.29) is 28.3 Å². The first-order valence-electron chi connectivity index (χ1n) is 9.86. The minimum absolute atomic E-state index is 0.0295. The summed E-state index contributed by atoms with van der Waals surface area (Å²) in [6.07, 6.45) is 0. The van der Waals surface area contributed by atoms with Crippen LogP contribution in [-0.2, 0) is 0 Å². The second-order valence-electron chi connectivity index (χ2n) is 7.15. The largest absolute Gasteiger partial charge is 0.306 e. The molecule has 3 aromatic carbocycles. The van der Waals surface area contributed by atoms with Crippen molar-refractivity contribution >= 4 is 17.4 Å². The molecule has 0 aliphatic carbocycles. The predicted octanol–water partition coefficient (Wildman–Crippen LogP) is 4.51. The SMILES string of the molecule is Cc1nn(-c2ccc(F)cc2)c(NC(=O)c2cccc([N+](=O)[O-])c2)c(-c2ccccc2)c1=O. The molecule has 0 spiro atoms. The molecule has 0 atom stereocenters. The highest BCUT2D eigenvalue weighted by Crippen LogP contribution is 2.28. The van der Waals surface area contributed by atoms with E-state index in [1.165, 1.54) is 47.1 Å². The van der Waals surface area contributed by atoms with E-state index in [9.17, 15) is 24.1 Å². The first kappa shape index (κ1) is 21.6. The number of halogens is 1. The number of nitrogens with zero attached hydrogens (tertiary/aromatic N) is 3. The lowest BCUT2D eigenvalue weighted by atomic mass is 10.0. The summed E-state index contributed by atoms with van der Waals surface area (Å²) in [4.78, 5) is 36.7.